The fourth-order valence-corrected chi connectivity index (χ4v) is 3.40. The van der Waals surface area contributed by atoms with Gasteiger partial charge in [-0.1, -0.05) is 6.07 Å². The van der Waals surface area contributed by atoms with E-state index in [1.165, 1.54) is 11.3 Å². The lowest BCUT2D eigenvalue weighted by Gasteiger charge is -2.20. The molecule has 0 radical (unpaired) electrons. The highest BCUT2D eigenvalue weighted by molar-refractivity contribution is 7.16. The molecule has 126 valence electrons. The Labute approximate surface area is 140 Å². The van der Waals surface area contributed by atoms with Crippen molar-refractivity contribution in [2.45, 2.75) is 13.0 Å². The van der Waals surface area contributed by atoms with Crippen molar-refractivity contribution in [3.63, 3.8) is 0 Å². The number of hydrogen-bond donors (Lipinski definition) is 2. The van der Waals surface area contributed by atoms with Gasteiger partial charge in [0.05, 0.1) is 5.69 Å². The number of nitrogens with zero attached hydrogens (tertiary/aromatic N) is 2. The van der Waals surface area contributed by atoms with Gasteiger partial charge in [0, 0.05) is 24.4 Å². The fourth-order valence-electron chi connectivity index (χ4n) is 2.32. The third-order valence-electron chi connectivity index (χ3n) is 3.55. The molecule has 1 aromatic heterocycles. The van der Waals surface area contributed by atoms with E-state index in [2.05, 4.69) is 15.2 Å². The molecule has 1 aromatic carbocycles. The number of anilines is 2. The number of hydrogen-bond acceptors (Lipinski definition) is 5. The van der Waals surface area contributed by atoms with Crippen molar-refractivity contribution >= 4 is 34.0 Å². The Morgan fingerprint density at radius 2 is 1.88 bits per heavy atom. The van der Waals surface area contributed by atoms with E-state index in [0.717, 1.165) is 48.3 Å². The lowest BCUT2D eigenvalue weighted by Crippen LogP contribution is -2.29. The number of para-hydroxylation sites is 1. The van der Waals surface area contributed by atoms with Crippen LogP contribution in [0.4, 0.5) is 19.6 Å². The number of nitrogens with one attached hydrogen (secondary N) is 2. The first-order chi connectivity index (χ1) is 11.4. The third-order valence-corrected chi connectivity index (χ3v) is 4.55. The van der Waals surface area contributed by atoms with Gasteiger partial charge in [-0.25, -0.2) is 13.8 Å². The third kappa shape index (κ3) is 3.41. The number of carbonyl (C=O) groups is 2. The van der Waals surface area contributed by atoms with Gasteiger partial charge in [0.1, 0.15) is 17.3 Å². The van der Waals surface area contributed by atoms with Crippen molar-refractivity contribution in [3.8, 4) is 0 Å². The molecule has 0 atom stereocenters. The van der Waals surface area contributed by atoms with E-state index in [4.69, 9.17) is 0 Å². The number of amides is 2. The molecule has 2 amide bonds. The van der Waals surface area contributed by atoms with Gasteiger partial charge in [-0.05, 0) is 19.2 Å². The van der Waals surface area contributed by atoms with E-state index in [0.29, 0.717) is 5.13 Å². The summed E-state index contributed by atoms with van der Waals surface area (Å²) >= 11 is 1.28. The first kappa shape index (κ1) is 16.5. The minimum absolute atomic E-state index is 0.296. The first-order valence-electron chi connectivity index (χ1n) is 7.17. The van der Waals surface area contributed by atoms with Crippen LogP contribution in [0.25, 0.3) is 0 Å². The molecule has 0 fully saturated rings. The SMILES string of the molecule is CN1CCc2nc(NC(=O)C(=O)Nc3c(F)cccc3F)sc2C1. The van der Waals surface area contributed by atoms with Gasteiger partial charge in [-0.3, -0.25) is 14.9 Å². The summed E-state index contributed by atoms with van der Waals surface area (Å²) in [5.74, 6) is -4.10. The Balaban J connectivity index is 1.68. The van der Waals surface area contributed by atoms with E-state index < -0.39 is 29.1 Å². The highest BCUT2D eigenvalue weighted by Crippen LogP contribution is 2.27. The Morgan fingerprint density at radius 3 is 2.58 bits per heavy atom. The lowest BCUT2D eigenvalue weighted by molar-refractivity contribution is -0.133. The molecule has 1 aliphatic heterocycles. The maximum absolute atomic E-state index is 13.5. The molecule has 0 saturated heterocycles. The van der Waals surface area contributed by atoms with Crippen molar-refractivity contribution in [3.05, 3.63) is 40.4 Å². The number of aromatic nitrogens is 1. The summed E-state index contributed by atoms with van der Waals surface area (Å²) < 4.78 is 27.0. The summed E-state index contributed by atoms with van der Waals surface area (Å²) in [6.45, 7) is 1.60. The van der Waals surface area contributed by atoms with Crippen LogP contribution in [0.15, 0.2) is 18.2 Å². The van der Waals surface area contributed by atoms with Gasteiger partial charge in [-0.2, -0.15) is 0 Å². The number of likely N-dealkylation sites (N-methyl/N-ethyl adjacent to an activating group) is 1. The summed E-state index contributed by atoms with van der Waals surface area (Å²) in [7, 11) is 1.98. The molecule has 24 heavy (non-hydrogen) atoms. The highest BCUT2D eigenvalue weighted by Gasteiger charge is 2.22. The molecular formula is C15H14F2N4O2S. The lowest BCUT2D eigenvalue weighted by atomic mass is 10.2. The van der Waals surface area contributed by atoms with Gasteiger partial charge in [0.15, 0.2) is 5.13 Å². The smallest absolute Gasteiger partial charge is 0.313 e. The van der Waals surface area contributed by atoms with Crippen LogP contribution < -0.4 is 10.6 Å². The normalized spacial score (nSPS) is 14.1. The molecule has 1 aliphatic rings. The standard InChI is InChI=1S/C15H14F2N4O2S/c1-21-6-5-10-11(7-21)24-15(18-10)20-14(23)13(22)19-12-8(16)3-2-4-9(12)17/h2-4H,5-7H2,1H3,(H,19,22)(H,18,20,23). The van der Waals surface area contributed by atoms with Gasteiger partial charge in [0.2, 0.25) is 0 Å². The van der Waals surface area contributed by atoms with Crippen LogP contribution in [-0.2, 0) is 22.6 Å². The van der Waals surface area contributed by atoms with Crippen LogP contribution in [0.2, 0.25) is 0 Å². The summed E-state index contributed by atoms with van der Waals surface area (Å²) in [4.78, 5) is 31.2. The predicted molar refractivity (Wildman–Crippen MR) is 85.8 cm³/mol. The average molecular weight is 352 g/mol. The van der Waals surface area contributed by atoms with E-state index in [1.807, 2.05) is 12.4 Å². The highest BCUT2D eigenvalue weighted by atomic mass is 32.1. The maximum Gasteiger partial charge on any atom is 0.315 e. The minimum Gasteiger partial charge on any atom is -0.313 e. The average Bonchev–Trinajstić information content (AvgIpc) is 2.92. The van der Waals surface area contributed by atoms with Crippen molar-refractivity contribution in [2.24, 2.45) is 0 Å². The zero-order valence-electron chi connectivity index (χ0n) is 12.7. The summed E-state index contributed by atoms with van der Waals surface area (Å²) in [6.07, 6.45) is 0.769. The van der Waals surface area contributed by atoms with Crippen LogP contribution in [0.5, 0.6) is 0 Å². The van der Waals surface area contributed by atoms with Crippen molar-refractivity contribution in [2.75, 3.05) is 24.2 Å². The largest absolute Gasteiger partial charge is 0.315 e. The monoisotopic (exact) mass is 352 g/mol. The molecule has 6 nitrogen and oxygen atoms in total. The topological polar surface area (TPSA) is 74.3 Å². The number of rotatable bonds is 2. The zero-order valence-corrected chi connectivity index (χ0v) is 13.5. The van der Waals surface area contributed by atoms with Crippen LogP contribution in [0.3, 0.4) is 0 Å². The molecule has 0 aliphatic carbocycles. The van der Waals surface area contributed by atoms with Crippen LogP contribution in [0, 0.1) is 11.6 Å². The summed E-state index contributed by atoms with van der Waals surface area (Å²) in [5, 5.41) is 4.60. The van der Waals surface area contributed by atoms with Gasteiger partial charge in [-0.15, -0.1) is 11.3 Å². The number of benzene rings is 1. The Kier molecular flexibility index (Phi) is 4.54. The molecule has 2 aromatic rings. The molecule has 3 rings (SSSR count). The van der Waals surface area contributed by atoms with E-state index >= 15 is 0 Å². The molecule has 2 N–H and O–H groups in total. The molecule has 0 spiro atoms. The second-order valence-electron chi connectivity index (χ2n) is 5.38. The number of fused-ring (bicyclic) bond motifs is 1. The van der Waals surface area contributed by atoms with Gasteiger partial charge >= 0.3 is 11.8 Å². The molecule has 0 saturated carbocycles. The summed E-state index contributed by atoms with van der Waals surface area (Å²) in [6, 6.07) is 3.14. The number of halogens is 2. The Bertz CT molecular complexity index is 789. The first-order valence-corrected chi connectivity index (χ1v) is 7.99. The van der Waals surface area contributed by atoms with E-state index in [9.17, 15) is 18.4 Å². The molecular weight excluding hydrogens is 338 g/mol. The van der Waals surface area contributed by atoms with Crippen molar-refractivity contribution in [1.82, 2.24) is 9.88 Å². The summed E-state index contributed by atoms with van der Waals surface area (Å²) in [5.41, 5.74) is 0.242. The van der Waals surface area contributed by atoms with Crippen LogP contribution in [-0.4, -0.2) is 35.3 Å². The molecule has 2 heterocycles. The molecule has 0 bridgehead atoms. The second-order valence-corrected chi connectivity index (χ2v) is 6.47. The van der Waals surface area contributed by atoms with E-state index in [1.54, 1.807) is 0 Å². The predicted octanol–water partition coefficient (Wildman–Crippen LogP) is 1.99. The van der Waals surface area contributed by atoms with Crippen LogP contribution >= 0.6 is 11.3 Å². The van der Waals surface area contributed by atoms with Gasteiger partial charge < -0.3 is 10.2 Å². The van der Waals surface area contributed by atoms with Crippen molar-refractivity contribution in [1.29, 1.82) is 0 Å². The Hall–Kier alpha value is -2.39. The van der Waals surface area contributed by atoms with Crippen LogP contribution in [0.1, 0.15) is 10.6 Å². The number of thiazole rings is 1. The van der Waals surface area contributed by atoms with Crippen molar-refractivity contribution < 1.29 is 18.4 Å². The van der Waals surface area contributed by atoms with E-state index in [-0.39, 0.29) is 0 Å². The molecule has 0 unspecified atom stereocenters. The fraction of sp³-hybridized carbons (Fsp3) is 0.267. The zero-order chi connectivity index (χ0) is 17.3. The number of carbonyl (C=O) groups excluding carboxylic acids is 2. The quantitative estimate of drug-likeness (QED) is 0.811. The molecule has 9 heteroatoms. The Morgan fingerprint density at radius 1 is 1.21 bits per heavy atom. The maximum atomic E-state index is 13.5. The van der Waals surface area contributed by atoms with Gasteiger partial charge in [0.25, 0.3) is 0 Å². The minimum atomic E-state index is -1.16. The second kappa shape index (κ2) is 6.62.